The zero-order valence-corrected chi connectivity index (χ0v) is 19.7. The number of para-hydroxylation sites is 1. The third kappa shape index (κ3) is 5.29. The molecule has 33 heavy (non-hydrogen) atoms. The highest BCUT2D eigenvalue weighted by molar-refractivity contribution is 8.00. The Bertz CT molecular complexity index is 996. The molecular formula is C26H32N4O2S. The highest BCUT2D eigenvalue weighted by Gasteiger charge is 2.42. The average Bonchev–Trinajstić information content (AvgIpc) is 3.51. The Labute approximate surface area is 199 Å². The van der Waals surface area contributed by atoms with Crippen molar-refractivity contribution in [3.05, 3.63) is 65.2 Å². The predicted octanol–water partition coefficient (Wildman–Crippen LogP) is 3.59. The van der Waals surface area contributed by atoms with Crippen molar-refractivity contribution in [2.24, 2.45) is 0 Å². The molecule has 3 amide bonds. The fraction of sp³-hybridized carbons (Fsp3) is 0.462. The van der Waals surface area contributed by atoms with Crippen molar-refractivity contribution < 1.29 is 9.59 Å². The summed E-state index contributed by atoms with van der Waals surface area (Å²) in [6.45, 7) is 2.57. The summed E-state index contributed by atoms with van der Waals surface area (Å²) in [6, 6.07) is 17.7. The maximum Gasteiger partial charge on any atom is 0.315 e. The van der Waals surface area contributed by atoms with Crippen LogP contribution in [0.1, 0.15) is 42.4 Å². The van der Waals surface area contributed by atoms with Gasteiger partial charge in [0.1, 0.15) is 0 Å². The van der Waals surface area contributed by atoms with Gasteiger partial charge in [-0.1, -0.05) is 48.9 Å². The monoisotopic (exact) mass is 464 g/mol. The van der Waals surface area contributed by atoms with Crippen LogP contribution in [0.5, 0.6) is 0 Å². The summed E-state index contributed by atoms with van der Waals surface area (Å²) in [5.74, 6) is 1.10. The smallest absolute Gasteiger partial charge is 0.315 e. The molecule has 0 saturated carbocycles. The van der Waals surface area contributed by atoms with Gasteiger partial charge in [-0.15, -0.1) is 0 Å². The molecule has 6 nitrogen and oxygen atoms in total. The Morgan fingerprint density at radius 2 is 1.88 bits per heavy atom. The Morgan fingerprint density at radius 3 is 2.76 bits per heavy atom. The fourth-order valence-electron chi connectivity index (χ4n) is 5.12. The number of nitrogens with zero attached hydrogens (tertiary/aromatic N) is 1. The minimum absolute atomic E-state index is 0.0379. The zero-order valence-electron chi connectivity index (χ0n) is 18.9. The third-order valence-electron chi connectivity index (χ3n) is 6.95. The zero-order chi connectivity index (χ0) is 22.6. The number of rotatable bonds is 9. The molecule has 2 saturated heterocycles. The number of nitrogens with one attached hydrogen (secondary N) is 3. The van der Waals surface area contributed by atoms with Gasteiger partial charge in [-0.25, -0.2) is 4.79 Å². The van der Waals surface area contributed by atoms with Gasteiger partial charge in [-0.3, -0.25) is 4.79 Å². The minimum atomic E-state index is -0.0379. The molecular weight excluding hydrogens is 432 g/mol. The Hall–Kier alpha value is -2.67. The van der Waals surface area contributed by atoms with E-state index in [4.69, 9.17) is 0 Å². The van der Waals surface area contributed by atoms with Crippen LogP contribution in [0.2, 0.25) is 0 Å². The molecule has 0 aliphatic carbocycles. The molecule has 0 radical (unpaired) electrons. The lowest BCUT2D eigenvalue weighted by molar-refractivity contribution is -0.121. The van der Waals surface area contributed by atoms with Crippen molar-refractivity contribution in [2.75, 3.05) is 17.2 Å². The van der Waals surface area contributed by atoms with E-state index < -0.39 is 0 Å². The molecule has 0 bridgehead atoms. The molecule has 174 valence electrons. The summed E-state index contributed by atoms with van der Waals surface area (Å²) in [6.07, 6.45) is 4.62. The van der Waals surface area contributed by atoms with Gasteiger partial charge in [0.05, 0.1) is 12.1 Å². The van der Waals surface area contributed by atoms with E-state index in [0.29, 0.717) is 18.2 Å². The summed E-state index contributed by atoms with van der Waals surface area (Å²) >= 11 is 1.93. The van der Waals surface area contributed by atoms with Crippen LogP contribution in [-0.4, -0.2) is 41.6 Å². The van der Waals surface area contributed by atoms with Crippen LogP contribution < -0.4 is 20.9 Å². The molecule has 2 aromatic carbocycles. The number of unbranched alkanes of at least 4 members (excludes halogenated alkanes) is 1. The second-order valence-corrected chi connectivity index (χ2v) is 10.5. The molecule has 0 spiro atoms. The first kappa shape index (κ1) is 22.1. The van der Waals surface area contributed by atoms with Crippen molar-refractivity contribution in [1.29, 1.82) is 0 Å². The molecule has 3 N–H and O–H groups in total. The highest BCUT2D eigenvalue weighted by atomic mass is 32.2. The number of carbonyl (C=O) groups excluding carboxylic acids is 2. The highest BCUT2D eigenvalue weighted by Crippen LogP contribution is 2.33. The average molecular weight is 465 g/mol. The number of hydrogen-bond donors (Lipinski definition) is 3. The Kier molecular flexibility index (Phi) is 6.76. The van der Waals surface area contributed by atoms with Gasteiger partial charge >= 0.3 is 6.03 Å². The molecule has 2 aromatic rings. The maximum atomic E-state index is 12.3. The lowest BCUT2D eigenvalue weighted by Gasteiger charge is -2.19. The van der Waals surface area contributed by atoms with E-state index in [1.54, 1.807) is 0 Å². The van der Waals surface area contributed by atoms with E-state index in [0.717, 1.165) is 50.1 Å². The second kappa shape index (κ2) is 10.1. The van der Waals surface area contributed by atoms with Crippen LogP contribution in [0.25, 0.3) is 0 Å². The molecule has 2 fully saturated rings. The second-order valence-electron chi connectivity index (χ2n) is 9.26. The van der Waals surface area contributed by atoms with Gasteiger partial charge in [-0.05, 0) is 42.0 Å². The SMILES string of the molecule is O=C(CCCC[C@@H]1SC[C@@H]2NC(=O)N[C@@H]21)NCc1ccc(CN2CCc3ccccc32)cc1. The largest absolute Gasteiger partial charge is 0.367 e. The van der Waals surface area contributed by atoms with Crippen molar-refractivity contribution in [3.63, 3.8) is 0 Å². The van der Waals surface area contributed by atoms with Crippen LogP contribution in [0.3, 0.4) is 0 Å². The van der Waals surface area contributed by atoms with Crippen molar-refractivity contribution in [2.45, 2.75) is 62.5 Å². The van der Waals surface area contributed by atoms with Crippen LogP contribution in [-0.2, 0) is 24.3 Å². The van der Waals surface area contributed by atoms with Crippen LogP contribution in [0, 0.1) is 0 Å². The van der Waals surface area contributed by atoms with Crippen LogP contribution >= 0.6 is 11.8 Å². The molecule has 3 atom stereocenters. The van der Waals surface area contributed by atoms with Gasteiger partial charge in [0.25, 0.3) is 0 Å². The van der Waals surface area contributed by atoms with Crippen molar-refractivity contribution in [3.8, 4) is 0 Å². The van der Waals surface area contributed by atoms with E-state index in [-0.39, 0.29) is 24.0 Å². The van der Waals surface area contributed by atoms with Crippen molar-refractivity contribution >= 4 is 29.4 Å². The number of thioether (sulfide) groups is 1. The van der Waals surface area contributed by atoms with E-state index in [9.17, 15) is 9.59 Å². The minimum Gasteiger partial charge on any atom is -0.367 e. The van der Waals surface area contributed by atoms with Gasteiger partial charge in [0.15, 0.2) is 0 Å². The van der Waals surface area contributed by atoms with Crippen molar-refractivity contribution in [1.82, 2.24) is 16.0 Å². The predicted molar refractivity (Wildman–Crippen MR) is 133 cm³/mol. The first-order valence-corrected chi connectivity index (χ1v) is 13.1. The molecule has 3 aliphatic heterocycles. The maximum absolute atomic E-state index is 12.3. The number of hydrogen-bond acceptors (Lipinski definition) is 4. The number of fused-ring (bicyclic) bond motifs is 2. The summed E-state index contributed by atoms with van der Waals surface area (Å²) in [5.41, 5.74) is 5.21. The van der Waals surface area contributed by atoms with Gasteiger partial charge in [-0.2, -0.15) is 11.8 Å². The Balaban J connectivity index is 0.997. The number of carbonyl (C=O) groups is 2. The third-order valence-corrected chi connectivity index (χ3v) is 8.46. The number of urea groups is 1. The topological polar surface area (TPSA) is 73.5 Å². The molecule has 3 aliphatic rings. The van der Waals surface area contributed by atoms with Crippen LogP contribution in [0.15, 0.2) is 48.5 Å². The standard InChI is InChI=1S/C26H32N4O2S/c31-24(8-4-3-7-23-25-21(17-33-23)28-26(32)29-25)27-15-18-9-11-19(12-10-18)16-30-14-13-20-5-1-2-6-22(20)30/h1-2,5-6,9-12,21,23,25H,3-4,7-8,13-17H2,(H,27,31)(H2,28,29,32)/t21-,23-,25-/m0/s1. The van der Waals surface area contributed by atoms with E-state index in [2.05, 4.69) is 69.4 Å². The summed E-state index contributed by atoms with van der Waals surface area (Å²) < 4.78 is 0. The molecule has 3 heterocycles. The first-order valence-electron chi connectivity index (χ1n) is 12.0. The van der Waals surface area contributed by atoms with Gasteiger partial charge in [0.2, 0.25) is 5.91 Å². The van der Waals surface area contributed by atoms with E-state index in [1.165, 1.54) is 16.8 Å². The summed E-state index contributed by atoms with van der Waals surface area (Å²) in [5, 5.41) is 9.52. The Morgan fingerprint density at radius 1 is 1.06 bits per heavy atom. The normalized spacial score (nSPS) is 23.1. The number of amides is 3. The van der Waals surface area contributed by atoms with E-state index in [1.807, 2.05) is 11.8 Å². The lowest BCUT2D eigenvalue weighted by atomic mass is 10.0. The summed E-state index contributed by atoms with van der Waals surface area (Å²) in [4.78, 5) is 26.2. The van der Waals surface area contributed by atoms with E-state index >= 15 is 0 Å². The molecule has 7 heteroatoms. The quantitative estimate of drug-likeness (QED) is 0.392. The molecule has 5 rings (SSSR count). The summed E-state index contributed by atoms with van der Waals surface area (Å²) in [7, 11) is 0. The van der Waals surface area contributed by atoms with Gasteiger partial charge in [0, 0.05) is 42.7 Å². The number of anilines is 1. The lowest BCUT2D eigenvalue weighted by Crippen LogP contribution is -2.36. The first-order chi connectivity index (χ1) is 16.2. The van der Waals surface area contributed by atoms with Gasteiger partial charge < -0.3 is 20.9 Å². The molecule has 0 unspecified atom stereocenters. The van der Waals surface area contributed by atoms with Crippen LogP contribution in [0.4, 0.5) is 10.5 Å². The number of benzene rings is 2. The molecule has 0 aromatic heterocycles. The fourth-order valence-corrected chi connectivity index (χ4v) is 6.66.